The number of hydrogen-bond acceptors (Lipinski definition) is 3. The SMILES string of the molecule is Cn1cc(C(=O)Nc2ccc(OC(F)F)c(Cc3ccccc3)c2)c(C(F)(F)F)n1. The number of amides is 1. The quantitative estimate of drug-likeness (QED) is 0.573. The number of carbonyl (C=O) groups excluding carboxylic acids is 1. The van der Waals surface area contributed by atoms with E-state index in [2.05, 4.69) is 15.2 Å². The van der Waals surface area contributed by atoms with Crippen LogP contribution in [0.3, 0.4) is 0 Å². The van der Waals surface area contributed by atoms with Crippen LogP contribution in [0.4, 0.5) is 27.6 Å². The van der Waals surface area contributed by atoms with Gasteiger partial charge in [0.05, 0.1) is 5.56 Å². The second-order valence-corrected chi connectivity index (χ2v) is 6.38. The Bertz CT molecular complexity index is 1030. The summed E-state index contributed by atoms with van der Waals surface area (Å²) in [5, 5.41) is 5.65. The monoisotopic (exact) mass is 425 g/mol. The summed E-state index contributed by atoms with van der Waals surface area (Å²) < 4.78 is 70.1. The van der Waals surface area contributed by atoms with E-state index < -0.39 is 30.0 Å². The van der Waals surface area contributed by atoms with Gasteiger partial charge in [0.2, 0.25) is 0 Å². The van der Waals surface area contributed by atoms with Gasteiger partial charge in [-0.1, -0.05) is 30.3 Å². The number of nitrogens with zero attached hydrogens (tertiary/aromatic N) is 2. The van der Waals surface area contributed by atoms with E-state index in [1.165, 1.54) is 25.2 Å². The number of anilines is 1. The van der Waals surface area contributed by atoms with Gasteiger partial charge in [-0.3, -0.25) is 9.48 Å². The first-order valence-electron chi connectivity index (χ1n) is 8.67. The molecule has 0 aliphatic heterocycles. The van der Waals surface area contributed by atoms with Gasteiger partial charge in [-0.15, -0.1) is 0 Å². The molecule has 1 heterocycles. The maximum absolute atomic E-state index is 13.1. The molecule has 0 aliphatic carbocycles. The highest BCUT2D eigenvalue weighted by Crippen LogP contribution is 2.32. The summed E-state index contributed by atoms with van der Waals surface area (Å²) in [7, 11) is 1.26. The Balaban J connectivity index is 1.89. The van der Waals surface area contributed by atoms with Gasteiger partial charge >= 0.3 is 12.8 Å². The maximum atomic E-state index is 13.1. The van der Waals surface area contributed by atoms with Gasteiger partial charge in [-0.25, -0.2) is 0 Å². The van der Waals surface area contributed by atoms with E-state index in [-0.39, 0.29) is 17.9 Å². The molecule has 0 unspecified atom stereocenters. The van der Waals surface area contributed by atoms with Gasteiger partial charge in [-0.05, 0) is 23.8 Å². The number of rotatable bonds is 6. The number of aromatic nitrogens is 2. The lowest BCUT2D eigenvalue weighted by molar-refractivity contribution is -0.141. The molecule has 3 rings (SSSR count). The molecule has 0 fully saturated rings. The van der Waals surface area contributed by atoms with Crippen molar-refractivity contribution in [3.8, 4) is 5.75 Å². The summed E-state index contributed by atoms with van der Waals surface area (Å²) in [6.07, 6.45) is -3.63. The second kappa shape index (κ2) is 8.52. The van der Waals surface area contributed by atoms with E-state index in [4.69, 9.17) is 0 Å². The van der Waals surface area contributed by atoms with E-state index in [0.29, 0.717) is 5.56 Å². The predicted octanol–water partition coefficient (Wildman–Crippen LogP) is 4.88. The van der Waals surface area contributed by atoms with Crippen LogP contribution in [-0.2, 0) is 19.6 Å². The molecule has 0 saturated carbocycles. The van der Waals surface area contributed by atoms with Crippen LogP contribution in [0.15, 0.2) is 54.7 Å². The van der Waals surface area contributed by atoms with Crippen molar-refractivity contribution in [3.63, 3.8) is 0 Å². The van der Waals surface area contributed by atoms with E-state index in [1.807, 2.05) is 0 Å². The number of benzene rings is 2. The van der Waals surface area contributed by atoms with Crippen molar-refractivity contribution in [2.24, 2.45) is 7.05 Å². The second-order valence-electron chi connectivity index (χ2n) is 6.38. The number of ether oxygens (including phenoxy) is 1. The minimum atomic E-state index is -4.80. The maximum Gasteiger partial charge on any atom is 0.435 e. The topological polar surface area (TPSA) is 56.2 Å². The molecule has 1 N–H and O–H groups in total. The predicted molar refractivity (Wildman–Crippen MR) is 98.5 cm³/mol. The van der Waals surface area contributed by atoms with Crippen molar-refractivity contribution in [2.75, 3.05) is 5.32 Å². The fourth-order valence-corrected chi connectivity index (χ4v) is 2.88. The Morgan fingerprint density at radius 2 is 1.87 bits per heavy atom. The van der Waals surface area contributed by atoms with Gasteiger partial charge < -0.3 is 10.1 Å². The molecule has 3 aromatic rings. The third kappa shape index (κ3) is 5.13. The lowest BCUT2D eigenvalue weighted by Crippen LogP contribution is -2.18. The normalized spacial score (nSPS) is 11.6. The molecule has 2 aromatic carbocycles. The number of alkyl halides is 5. The first-order valence-corrected chi connectivity index (χ1v) is 8.67. The van der Waals surface area contributed by atoms with Gasteiger partial charge in [0.1, 0.15) is 5.75 Å². The van der Waals surface area contributed by atoms with Gasteiger partial charge in [-0.2, -0.15) is 27.1 Å². The summed E-state index contributed by atoms with van der Waals surface area (Å²) in [6.45, 7) is -3.05. The van der Waals surface area contributed by atoms with Gasteiger partial charge in [0.15, 0.2) is 5.69 Å². The number of hydrogen-bond donors (Lipinski definition) is 1. The first-order chi connectivity index (χ1) is 14.1. The molecule has 10 heteroatoms. The zero-order chi connectivity index (χ0) is 21.9. The van der Waals surface area contributed by atoms with Crippen LogP contribution in [0.2, 0.25) is 0 Å². The van der Waals surface area contributed by atoms with E-state index in [0.717, 1.165) is 16.4 Å². The molecule has 1 amide bonds. The molecule has 0 atom stereocenters. The third-order valence-corrected chi connectivity index (χ3v) is 4.11. The summed E-state index contributed by atoms with van der Waals surface area (Å²) >= 11 is 0. The summed E-state index contributed by atoms with van der Waals surface area (Å²) in [4.78, 5) is 12.4. The molecule has 0 bridgehead atoms. The molecule has 0 spiro atoms. The Labute approximate surface area is 168 Å². The summed E-state index contributed by atoms with van der Waals surface area (Å²) in [5.41, 5.74) is -0.704. The third-order valence-electron chi connectivity index (χ3n) is 4.11. The highest BCUT2D eigenvalue weighted by molar-refractivity contribution is 6.05. The fraction of sp³-hybridized carbons (Fsp3) is 0.200. The average Bonchev–Trinajstić information content (AvgIpc) is 3.07. The zero-order valence-electron chi connectivity index (χ0n) is 15.6. The molecular formula is C20H16F5N3O2. The number of halogens is 5. The number of aryl methyl sites for hydroxylation is 1. The molecule has 158 valence electrons. The summed E-state index contributed by atoms with van der Waals surface area (Å²) in [5.74, 6) is -1.12. The molecule has 0 aliphatic rings. The van der Waals surface area contributed by atoms with Crippen LogP contribution in [0.25, 0.3) is 0 Å². The van der Waals surface area contributed by atoms with E-state index in [1.54, 1.807) is 30.3 Å². The minimum absolute atomic E-state index is 0.0933. The molecule has 30 heavy (non-hydrogen) atoms. The largest absolute Gasteiger partial charge is 0.435 e. The number of nitrogens with one attached hydrogen (secondary N) is 1. The Kier molecular flexibility index (Phi) is 6.04. The lowest BCUT2D eigenvalue weighted by atomic mass is 10.0. The zero-order valence-corrected chi connectivity index (χ0v) is 15.6. The van der Waals surface area contributed by atoms with Crippen molar-refractivity contribution in [2.45, 2.75) is 19.2 Å². The van der Waals surface area contributed by atoms with Crippen LogP contribution in [0, 0.1) is 0 Å². The van der Waals surface area contributed by atoms with E-state index >= 15 is 0 Å². The molecule has 5 nitrogen and oxygen atoms in total. The van der Waals surface area contributed by atoms with Crippen molar-refractivity contribution in [1.82, 2.24) is 9.78 Å². The van der Waals surface area contributed by atoms with Gasteiger partial charge in [0, 0.05) is 30.9 Å². The van der Waals surface area contributed by atoms with Crippen LogP contribution >= 0.6 is 0 Å². The lowest BCUT2D eigenvalue weighted by Gasteiger charge is -2.14. The van der Waals surface area contributed by atoms with Crippen LogP contribution in [-0.4, -0.2) is 22.3 Å². The average molecular weight is 425 g/mol. The smallest absolute Gasteiger partial charge is 0.435 e. The minimum Gasteiger partial charge on any atom is -0.435 e. The van der Waals surface area contributed by atoms with Crippen molar-refractivity contribution < 1.29 is 31.5 Å². The van der Waals surface area contributed by atoms with Crippen LogP contribution in [0.1, 0.15) is 27.2 Å². The highest BCUT2D eigenvalue weighted by Gasteiger charge is 2.39. The summed E-state index contributed by atoms with van der Waals surface area (Å²) in [6, 6.07) is 12.8. The molecule has 0 radical (unpaired) electrons. The fourth-order valence-electron chi connectivity index (χ4n) is 2.88. The number of carbonyl (C=O) groups is 1. The van der Waals surface area contributed by atoms with Gasteiger partial charge in [0.25, 0.3) is 5.91 Å². The molecule has 0 saturated heterocycles. The Hall–Kier alpha value is -3.43. The molecular weight excluding hydrogens is 409 g/mol. The van der Waals surface area contributed by atoms with Crippen LogP contribution < -0.4 is 10.1 Å². The Morgan fingerprint density at radius 3 is 2.50 bits per heavy atom. The van der Waals surface area contributed by atoms with Crippen molar-refractivity contribution >= 4 is 11.6 Å². The Morgan fingerprint density at radius 1 is 1.17 bits per heavy atom. The van der Waals surface area contributed by atoms with Crippen LogP contribution in [0.5, 0.6) is 5.75 Å². The van der Waals surface area contributed by atoms with Crippen molar-refractivity contribution in [3.05, 3.63) is 77.1 Å². The highest BCUT2D eigenvalue weighted by atomic mass is 19.4. The standard InChI is InChI=1S/C20H16F5N3O2/c1-28-11-15(17(27-28)20(23,24)25)18(29)26-14-7-8-16(30-19(21)22)13(10-14)9-12-5-3-2-4-6-12/h2-8,10-11,19H,9H2,1H3,(H,26,29). The van der Waals surface area contributed by atoms with Crippen molar-refractivity contribution in [1.29, 1.82) is 0 Å². The molecule has 1 aromatic heterocycles. The van der Waals surface area contributed by atoms with E-state index in [9.17, 15) is 26.7 Å². The first kappa shape index (κ1) is 21.3.